The van der Waals surface area contributed by atoms with Crippen LogP contribution < -0.4 is 16.0 Å². The summed E-state index contributed by atoms with van der Waals surface area (Å²) in [5.41, 5.74) is 1.07. The molecule has 0 bridgehead atoms. The number of hydrogen-bond donors (Lipinski definition) is 0. The Bertz CT molecular complexity index is 1530. The predicted molar refractivity (Wildman–Crippen MR) is 164 cm³/mol. The van der Waals surface area contributed by atoms with Gasteiger partial charge in [0.15, 0.2) is 11.2 Å². The second-order valence-electron chi connectivity index (χ2n) is 10.7. The molecule has 1 saturated carbocycles. The molecule has 11 heteroatoms. The molecule has 0 amide bonds. The predicted octanol–water partition coefficient (Wildman–Crippen LogP) is 5.02. The molecule has 0 unspecified atom stereocenters. The molecule has 0 spiro atoms. The van der Waals surface area contributed by atoms with Crippen molar-refractivity contribution in [2.75, 3.05) is 26.5 Å². The fourth-order valence-electron chi connectivity index (χ4n) is 5.79. The molecular weight excluding hydrogens is 555 g/mol. The molecule has 0 aliphatic heterocycles. The summed E-state index contributed by atoms with van der Waals surface area (Å²) in [5, 5.41) is 0. The molecule has 0 radical (unpaired) electrons. The zero-order valence-electron chi connectivity index (χ0n) is 25.0. The highest BCUT2D eigenvalue weighted by atomic mass is 31.2. The number of aryl methyl sites for hydroxylation is 3. The summed E-state index contributed by atoms with van der Waals surface area (Å²) in [6.07, 6.45) is 12.8. The molecule has 0 atom stereocenters. The van der Waals surface area contributed by atoms with Gasteiger partial charge in [0.1, 0.15) is 11.6 Å². The lowest BCUT2D eigenvalue weighted by atomic mass is 10.1. The van der Waals surface area contributed by atoms with Crippen molar-refractivity contribution < 1.29 is 18.3 Å². The van der Waals surface area contributed by atoms with Crippen molar-refractivity contribution in [2.45, 2.75) is 84.8 Å². The fraction of sp³-hybridized carbons (Fsp3) is 0.581. The Morgan fingerprint density at radius 1 is 1.00 bits per heavy atom. The van der Waals surface area contributed by atoms with Crippen LogP contribution in [-0.4, -0.2) is 45.2 Å². The van der Waals surface area contributed by atoms with Crippen LogP contribution in [0, 0.1) is 18.3 Å². The van der Waals surface area contributed by atoms with Crippen LogP contribution in [0.3, 0.4) is 0 Å². The van der Waals surface area contributed by atoms with Crippen LogP contribution in [0.25, 0.3) is 11.2 Å². The van der Waals surface area contributed by atoms with E-state index in [0.717, 1.165) is 41.0 Å². The molecule has 228 valence electrons. The van der Waals surface area contributed by atoms with Gasteiger partial charge in [-0.1, -0.05) is 30.9 Å². The van der Waals surface area contributed by atoms with Crippen LogP contribution in [0.4, 0.5) is 0 Å². The lowest BCUT2D eigenvalue weighted by Crippen LogP contribution is -2.40. The second-order valence-corrected chi connectivity index (χ2v) is 12.9. The summed E-state index contributed by atoms with van der Waals surface area (Å²) >= 11 is 0. The van der Waals surface area contributed by atoms with Gasteiger partial charge in [-0.15, -0.1) is 6.42 Å². The van der Waals surface area contributed by atoms with Crippen LogP contribution in [0.1, 0.15) is 63.8 Å². The maximum Gasteiger partial charge on any atom is 0.333 e. The molecule has 1 aliphatic carbocycles. The average Bonchev–Trinajstić information content (AvgIpc) is 3.62. The first-order valence-corrected chi connectivity index (χ1v) is 16.7. The normalized spacial score (nSPS) is 14.0. The Balaban J connectivity index is 1.70. The Morgan fingerprint density at radius 3 is 2.31 bits per heavy atom. The van der Waals surface area contributed by atoms with E-state index in [0.29, 0.717) is 62.6 Å². The smallest absolute Gasteiger partial charge is 0.333 e. The van der Waals surface area contributed by atoms with Gasteiger partial charge in [-0.25, -0.2) is 14.3 Å². The van der Waals surface area contributed by atoms with Crippen LogP contribution in [0.2, 0.25) is 0 Å². The SMILES string of the molecule is C#CCn1c(=O)c2c(nc(CCc3ccc(OC)cc3)n2CC2CCCC2)n(CCCCP(=O)(OCC)OCC)c1=O. The van der Waals surface area contributed by atoms with Gasteiger partial charge in [0.2, 0.25) is 0 Å². The largest absolute Gasteiger partial charge is 0.497 e. The van der Waals surface area contributed by atoms with Gasteiger partial charge < -0.3 is 18.4 Å². The standard InChI is InChI=1S/C31H43N4O6P/c1-5-20-34-30(36)28-29(33(31(34)37)21-10-11-22-42(38,40-6-2)41-7-3)32-27(35(28)23-25-12-8-9-13-25)19-16-24-14-17-26(39-4)18-15-24/h1,14-15,17-18,25H,6-13,16,19-23H2,2-4H3. The van der Waals surface area contributed by atoms with E-state index in [-0.39, 0.29) is 12.7 Å². The van der Waals surface area contributed by atoms with E-state index in [1.54, 1.807) is 25.5 Å². The first-order chi connectivity index (χ1) is 20.3. The molecule has 0 saturated heterocycles. The summed E-state index contributed by atoms with van der Waals surface area (Å²) in [5.74, 6) is 4.50. The van der Waals surface area contributed by atoms with Crippen LogP contribution in [-0.2, 0) is 46.1 Å². The molecular formula is C31H43N4O6P. The monoisotopic (exact) mass is 598 g/mol. The molecule has 1 aliphatic rings. The number of rotatable bonds is 16. The number of unbranched alkanes of at least 4 members (excludes halogenated alkanes) is 1. The summed E-state index contributed by atoms with van der Waals surface area (Å²) in [6.45, 7) is 5.03. The molecule has 4 rings (SSSR count). The van der Waals surface area contributed by atoms with Crippen LogP contribution >= 0.6 is 7.60 Å². The maximum atomic E-state index is 13.8. The topological polar surface area (TPSA) is 107 Å². The number of nitrogens with zero attached hydrogens (tertiary/aromatic N) is 4. The minimum Gasteiger partial charge on any atom is -0.497 e. The Kier molecular flexibility index (Phi) is 11.3. The van der Waals surface area contributed by atoms with Crippen LogP contribution in [0.15, 0.2) is 33.9 Å². The third-order valence-corrected chi connectivity index (χ3v) is 10.0. The van der Waals surface area contributed by atoms with Crippen molar-refractivity contribution in [3.05, 3.63) is 56.5 Å². The molecule has 42 heavy (non-hydrogen) atoms. The number of imidazole rings is 1. The number of ether oxygens (including phenoxy) is 1. The van der Waals surface area contributed by atoms with Crippen molar-refractivity contribution in [1.82, 2.24) is 18.7 Å². The molecule has 3 aromatic rings. The Hall–Kier alpha value is -3.12. The first-order valence-electron chi connectivity index (χ1n) is 15.0. The van der Waals surface area contributed by atoms with Gasteiger partial charge in [-0.3, -0.25) is 13.9 Å². The van der Waals surface area contributed by atoms with Crippen molar-refractivity contribution in [2.24, 2.45) is 5.92 Å². The van der Waals surface area contributed by atoms with Gasteiger partial charge in [0.05, 0.1) is 33.0 Å². The molecule has 10 nitrogen and oxygen atoms in total. The summed E-state index contributed by atoms with van der Waals surface area (Å²) < 4.78 is 33.8. The number of benzene rings is 1. The van der Waals surface area contributed by atoms with E-state index < -0.39 is 18.8 Å². The average molecular weight is 599 g/mol. The lowest BCUT2D eigenvalue weighted by Gasteiger charge is -2.17. The zero-order valence-corrected chi connectivity index (χ0v) is 25.9. The zero-order chi connectivity index (χ0) is 30.1. The van der Waals surface area contributed by atoms with E-state index in [2.05, 4.69) is 5.92 Å². The lowest BCUT2D eigenvalue weighted by molar-refractivity contribution is 0.219. The molecule has 2 aromatic heterocycles. The molecule has 2 heterocycles. The van der Waals surface area contributed by atoms with E-state index in [4.69, 9.17) is 25.2 Å². The molecule has 1 fully saturated rings. The Labute approximate surface area is 247 Å². The number of fused-ring (bicyclic) bond motifs is 1. The van der Waals surface area contributed by atoms with E-state index in [9.17, 15) is 14.2 Å². The quantitative estimate of drug-likeness (QED) is 0.129. The number of terminal acetylenes is 1. The molecule has 0 N–H and O–H groups in total. The second kappa shape index (κ2) is 14.9. The minimum atomic E-state index is -3.19. The van der Waals surface area contributed by atoms with Crippen molar-refractivity contribution in [3.8, 4) is 18.1 Å². The van der Waals surface area contributed by atoms with E-state index in [1.165, 1.54) is 12.8 Å². The number of aromatic nitrogens is 4. The third-order valence-electron chi connectivity index (χ3n) is 7.87. The van der Waals surface area contributed by atoms with Gasteiger partial charge in [0, 0.05) is 19.5 Å². The van der Waals surface area contributed by atoms with Crippen molar-refractivity contribution in [1.29, 1.82) is 0 Å². The van der Waals surface area contributed by atoms with Gasteiger partial charge in [-0.05, 0) is 69.6 Å². The van der Waals surface area contributed by atoms with Gasteiger partial charge >= 0.3 is 13.3 Å². The number of hydrogen-bond acceptors (Lipinski definition) is 7. The van der Waals surface area contributed by atoms with Crippen molar-refractivity contribution in [3.63, 3.8) is 0 Å². The summed E-state index contributed by atoms with van der Waals surface area (Å²) in [7, 11) is -1.55. The number of methoxy groups -OCH3 is 1. The molecule has 1 aromatic carbocycles. The maximum absolute atomic E-state index is 13.8. The Morgan fingerprint density at radius 2 is 1.69 bits per heavy atom. The van der Waals surface area contributed by atoms with Crippen LogP contribution in [0.5, 0.6) is 5.75 Å². The van der Waals surface area contributed by atoms with Gasteiger partial charge in [-0.2, -0.15) is 0 Å². The minimum absolute atomic E-state index is 0.118. The third kappa shape index (κ3) is 7.44. The van der Waals surface area contributed by atoms with E-state index >= 15 is 0 Å². The first kappa shape index (κ1) is 31.8. The highest BCUT2D eigenvalue weighted by Crippen LogP contribution is 2.48. The summed E-state index contributed by atoms with van der Waals surface area (Å²) in [4.78, 5) is 32.3. The fourth-order valence-corrected chi connectivity index (χ4v) is 7.52. The summed E-state index contributed by atoms with van der Waals surface area (Å²) in [6, 6.07) is 7.93. The van der Waals surface area contributed by atoms with E-state index in [1.807, 2.05) is 28.8 Å². The van der Waals surface area contributed by atoms with Crippen molar-refractivity contribution >= 4 is 18.8 Å². The highest BCUT2D eigenvalue weighted by Gasteiger charge is 2.26. The van der Waals surface area contributed by atoms with Gasteiger partial charge in [0.25, 0.3) is 5.56 Å². The highest BCUT2D eigenvalue weighted by molar-refractivity contribution is 7.53.